The summed E-state index contributed by atoms with van der Waals surface area (Å²) in [5, 5.41) is 24.6. The van der Waals surface area contributed by atoms with E-state index in [9.17, 15) is 9.90 Å². The van der Waals surface area contributed by atoms with E-state index in [1.54, 1.807) is 27.0 Å². The molecule has 1 aromatic carbocycles. The lowest BCUT2D eigenvalue weighted by atomic mass is 9.81. The number of ketones is 1. The third kappa shape index (κ3) is 5.16. The van der Waals surface area contributed by atoms with Crippen LogP contribution >= 0.6 is 0 Å². The number of rotatable bonds is 9. The first-order valence-electron chi connectivity index (χ1n) is 10.3. The van der Waals surface area contributed by atoms with E-state index in [1.807, 2.05) is 24.3 Å². The van der Waals surface area contributed by atoms with Gasteiger partial charge >= 0.3 is 0 Å². The maximum Gasteiger partial charge on any atom is 0.178 e. The van der Waals surface area contributed by atoms with Crippen molar-refractivity contribution in [3.8, 4) is 11.1 Å². The number of hydrogen-bond acceptors (Lipinski definition) is 6. The van der Waals surface area contributed by atoms with Crippen molar-refractivity contribution in [1.29, 1.82) is 0 Å². The van der Waals surface area contributed by atoms with Crippen LogP contribution in [-0.2, 0) is 16.8 Å². The highest BCUT2D eigenvalue weighted by Crippen LogP contribution is 2.31. The van der Waals surface area contributed by atoms with E-state index >= 15 is 0 Å². The zero-order valence-corrected chi connectivity index (χ0v) is 18.0. The quantitative estimate of drug-likeness (QED) is 0.559. The van der Waals surface area contributed by atoms with Crippen LogP contribution in [0.2, 0.25) is 0 Å². The second kappa shape index (κ2) is 9.26. The number of benzene rings is 1. The normalized spacial score (nSPS) is 13.8. The van der Waals surface area contributed by atoms with Crippen LogP contribution in [0.1, 0.15) is 63.5 Å². The van der Waals surface area contributed by atoms with Crippen molar-refractivity contribution in [1.82, 2.24) is 25.6 Å². The summed E-state index contributed by atoms with van der Waals surface area (Å²) in [6, 6.07) is 12.0. The molecule has 0 bridgehead atoms. The standard InChI is InChI=1S/C23H29N5O2/c1-5-6-19(15(2)29)20(22-25-27-28-26-22)13-16-7-9-17(10-8-16)18-11-12-21(24-14-18)23(3,4)30/h7-12,14,19-20,30H,5-6,13H2,1-4H3,(H,25,26,27,28)/t19-,20+/m1/s1. The van der Waals surface area contributed by atoms with E-state index in [4.69, 9.17) is 0 Å². The summed E-state index contributed by atoms with van der Waals surface area (Å²) in [4.78, 5) is 16.7. The average molecular weight is 408 g/mol. The molecule has 30 heavy (non-hydrogen) atoms. The lowest BCUT2D eigenvalue weighted by Crippen LogP contribution is -2.23. The number of H-pyrrole nitrogens is 1. The zero-order chi connectivity index (χ0) is 21.7. The molecule has 3 rings (SSSR count). The summed E-state index contributed by atoms with van der Waals surface area (Å²) in [5.74, 6) is 0.492. The van der Waals surface area contributed by atoms with Gasteiger partial charge in [-0.3, -0.25) is 9.78 Å². The largest absolute Gasteiger partial charge is 0.384 e. The highest BCUT2D eigenvalue weighted by Gasteiger charge is 2.29. The highest BCUT2D eigenvalue weighted by molar-refractivity contribution is 5.79. The van der Waals surface area contributed by atoms with Gasteiger partial charge in [0.05, 0.1) is 5.69 Å². The van der Waals surface area contributed by atoms with Crippen molar-refractivity contribution >= 4 is 5.78 Å². The Hall–Kier alpha value is -2.93. The minimum atomic E-state index is -0.960. The first-order valence-corrected chi connectivity index (χ1v) is 10.3. The Kier molecular flexibility index (Phi) is 6.72. The van der Waals surface area contributed by atoms with Gasteiger partial charge < -0.3 is 5.11 Å². The fraction of sp³-hybridized carbons (Fsp3) is 0.435. The Morgan fingerprint density at radius 2 is 1.83 bits per heavy atom. The van der Waals surface area contributed by atoms with Gasteiger partial charge in [0.25, 0.3) is 0 Å². The van der Waals surface area contributed by atoms with Gasteiger partial charge in [-0.25, -0.2) is 0 Å². The molecule has 0 saturated carbocycles. The molecule has 3 aromatic rings. The van der Waals surface area contributed by atoms with Crippen LogP contribution in [0.5, 0.6) is 0 Å². The third-order valence-electron chi connectivity index (χ3n) is 5.43. The number of aromatic amines is 1. The summed E-state index contributed by atoms with van der Waals surface area (Å²) in [6.45, 7) is 7.16. The molecule has 0 saturated heterocycles. The fourth-order valence-electron chi connectivity index (χ4n) is 3.75. The summed E-state index contributed by atoms with van der Waals surface area (Å²) in [6.07, 6.45) is 4.16. The Bertz CT molecular complexity index is 945. The van der Waals surface area contributed by atoms with Gasteiger partial charge in [-0.2, -0.15) is 5.21 Å². The lowest BCUT2D eigenvalue weighted by molar-refractivity contribution is -0.121. The van der Waals surface area contributed by atoms with Gasteiger partial charge in [0.2, 0.25) is 0 Å². The molecule has 158 valence electrons. The van der Waals surface area contributed by atoms with Crippen molar-refractivity contribution in [2.24, 2.45) is 5.92 Å². The van der Waals surface area contributed by atoms with Crippen LogP contribution in [0.4, 0.5) is 0 Å². The molecule has 0 fully saturated rings. The number of hydrogen-bond donors (Lipinski definition) is 2. The number of nitrogens with one attached hydrogen (secondary N) is 1. The SMILES string of the molecule is CCC[C@H](C(C)=O)[C@H](Cc1ccc(-c2ccc(C(C)(C)O)nc2)cc1)c1nn[nH]n1. The van der Waals surface area contributed by atoms with Crippen LogP contribution < -0.4 is 0 Å². The van der Waals surface area contributed by atoms with E-state index in [-0.39, 0.29) is 17.6 Å². The van der Waals surface area contributed by atoms with Crippen molar-refractivity contribution < 1.29 is 9.90 Å². The summed E-state index contributed by atoms with van der Waals surface area (Å²) < 4.78 is 0. The number of Topliss-reactive ketones (excluding diaryl/α,β-unsaturated/α-hetero) is 1. The van der Waals surface area contributed by atoms with Crippen LogP contribution in [-0.4, -0.2) is 36.5 Å². The highest BCUT2D eigenvalue weighted by atomic mass is 16.3. The molecule has 0 spiro atoms. The summed E-state index contributed by atoms with van der Waals surface area (Å²) in [5.41, 5.74) is 2.81. The number of carbonyl (C=O) groups excluding carboxylic acids is 1. The molecule has 0 aliphatic heterocycles. The molecule has 2 atom stereocenters. The molecule has 0 radical (unpaired) electrons. The smallest absolute Gasteiger partial charge is 0.178 e. The topological polar surface area (TPSA) is 105 Å². The molecular weight excluding hydrogens is 378 g/mol. The van der Waals surface area contributed by atoms with Crippen molar-refractivity contribution in [2.45, 2.75) is 58.5 Å². The molecule has 2 aromatic heterocycles. The van der Waals surface area contributed by atoms with Gasteiger partial charge in [0, 0.05) is 23.6 Å². The molecule has 0 aliphatic carbocycles. The van der Waals surface area contributed by atoms with Crippen molar-refractivity contribution in [3.63, 3.8) is 0 Å². The fourth-order valence-corrected chi connectivity index (χ4v) is 3.75. The number of aromatic nitrogens is 5. The molecule has 0 aliphatic rings. The molecule has 7 nitrogen and oxygen atoms in total. The number of tetrazole rings is 1. The Balaban J connectivity index is 1.81. The van der Waals surface area contributed by atoms with Crippen LogP contribution in [0.25, 0.3) is 11.1 Å². The van der Waals surface area contributed by atoms with Gasteiger partial charge in [0.15, 0.2) is 5.82 Å². The zero-order valence-electron chi connectivity index (χ0n) is 18.0. The van der Waals surface area contributed by atoms with E-state index in [0.717, 1.165) is 29.5 Å². The Labute approximate surface area is 177 Å². The second-order valence-corrected chi connectivity index (χ2v) is 8.27. The maximum absolute atomic E-state index is 12.3. The predicted octanol–water partition coefficient (Wildman–Crippen LogP) is 3.82. The van der Waals surface area contributed by atoms with Gasteiger partial charge in [-0.15, -0.1) is 10.2 Å². The van der Waals surface area contributed by atoms with E-state index in [1.165, 1.54) is 0 Å². The third-order valence-corrected chi connectivity index (χ3v) is 5.43. The molecule has 7 heteroatoms. The number of carbonyl (C=O) groups is 1. The van der Waals surface area contributed by atoms with Crippen LogP contribution in [0.15, 0.2) is 42.6 Å². The maximum atomic E-state index is 12.3. The summed E-state index contributed by atoms with van der Waals surface area (Å²) in [7, 11) is 0. The van der Waals surface area contributed by atoms with Gasteiger partial charge in [-0.1, -0.05) is 48.9 Å². The van der Waals surface area contributed by atoms with E-state index in [0.29, 0.717) is 17.9 Å². The van der Waals surface area contributed by atoms with Crippen LogP contribution in [0.3, 0.4) is 0 Å². The molecule has 2 N–H and O–H groups in total. The molecule has 0 unspecified atom stereocenters. The predicted molar refractivity (Wildman–Crippen MR) is 115 cm³/mol. The van der Waals surface area contributed by atoms with Gasteiger partial charge in [0.1, 0.15) is 11.4 Å². The Morgan fingerprint density at radius 3 is 2.33 bits per heavy atom. The molecular formula is C23H29N5O2. The second-order valence-electron chi connectivity index (χ2n) is 8.27. The number of aliphatic hydroxyl groups is 1. The first-order chi connectivity index (χ1) is 14.3. The monoisotopic (exact) mass is 407 g/mol. The minimum absolute atomic E-state index is 0.111. The number of nitrogens with zero attached hydrogens (tertiary/aromatic N) is 4. The minimum Gasteiger partial charge on any atom is -0.384 e. The number of pyridine rings is 1. The Morgan fingerprint density at radius 1 is 1.13 bits per heavy atom. The molecule has 0 amide bonds. The van der Waals surface area contributed by atoms with Gasteiger partial charge in [-0.05, 0) is 50.8 Å². The van der Waals surface area contributed by atoms with Crippen molar-refractivity contribution in [3.05, 3.63) is 59.7 Å². The van der Waals surface area contributed by atoms with Crippen molar-refractivity contribution in [2.75, 3.05) is 0 Å². The van der Waals surface area contributed by atoms with Crippen LogP contribution in [0, 0.1) is 5.92 Å². The lowest BCUT2D eigenvalue weighted by Gasteiger charge is -2.22. The average Bonchev–Trinajstić information content (AvgIpc) is 3.25. The summed E-state index contributed by atoms with van der Waals surface area (Å²) >= 11 is 0. The van der Waals surface area contributed by atoms with E-state index < -0.39 is 5.60 Å². The van der Waals surface area contributed by atoms with E-state index in [2.05, 4.69) is 44.7 Å². The first kappa shape index (κ1) is 21.8. The molecule has 2 heterocycles.